The molecule has 0 aliphatic heterocycles. The van der Waals surface area contributed by atoms with E-state index in [1.54, 1.807) is 19.2 Å². The van der Waals surface area contributed by atoms with Crippen molar-refractivity contribution in [3.63, 3.8) is 0 Å². The Bertz CT molecular complexity index is 429. The lowest BCUT2D eigenvalue weighted by Crippen LogP contribution is -2.40. The fourth-order valence-corrected chi connectivity index (χ4v) is 2.15. The monoisotopic (exact) mass is 289 g/mol. The maximum absolute atomic E-state index is 12.3. The number of alkyl halides is 3. The molecule has 1 aliphatic carbocycles. The number of nitrogens with one attached hydrogen (secondary N) is 1. The topological polar surface area (TPSA) is 41.5 Å². The van der Waals surface area contributed by atoms with Crippen molar-refractivity contribution in [2.45, 2.75) is 31.2 Å². The van der Waals surface area contributed by atoms with Crippen molar-refractivity contribution in [3.05, 3.63) is 29.8 Å². The summed E-state index contributed by atoms with van der Waals surface area (Å²) in [6, 6.07) is 7.10. The van der Waals surface area contributed by atoms with Gasteiger partial charge in [0.25, 0.3) is 0 Å². The molecule has 1 aromatic carbocycles. The van der Waals surface area contributed by atoms with Crippen LogP contribution in [0.25, 0.3) is 0 Å². The van der Waals surface area contributed by atoms with Crippen LogP contribution in [0.4, 0.5) is 13.2 Å². The van der Waals surface area contributed by atoms with E-state index in [4.69, 9.17) is 9.84 Å². The SMILES string of the molecule is COc1ccc(C(NCC(O)C(F)(F)F)C2CC2)cc1. The Kier molecular flexibility index (Phi) is 4.55. The molecule has 1 fully saturated rings. The van der Waals surface area contributed by atoms with Crippen LogP contribution >= 0.6 is 0 Å². The van der Waals surface area contributed by atoms with E-state index in [-0.39, 0.29) is 6.04 Å². The van der Waals surface area contributed by atoms with Crippen LogP contribution < -0.4 is 10.1 Å². The highest BCUT2D eigenvalue weighted by Crippen LogP contribution is 2.41. The van der Waals surface area contributed by atoms with Crippen LogP contribution in [0, 0.1) is 5.92 Å². The number of hydrogen-bond donors (Lipinski definition) is 2. The first-order valence-electron chi connectivity index (χ1n) is 6.54. The van der Waals surface area contributed by atoms with Gasteiger partial charge in [-0.1, -0.05) is 12.1 Å². The average molecular weight is 289 g/mol. The number of benzene rings is 1. The summed E-state index contributed by atoms with van der Waals surface area (Å²) >= 11 is 0. The summed E-state index contributed by atoms with van der Waals surface area (Å²) < 4.78 is 42.0. The molecule has 1 saturated carbocycles. The molecule has 1 aromatic rings. The Labute approximate surface area is 115 Å². The Morgan fingerprint density at radius 2 is 1.90 bits per heavy atom. The van der Waals surface area contributed by atoms with Crippen molar-refractivity contribution in [2.24, 2.45) is 5.92 Å². The van der Waals surface area contributed by atoms with E-state index in [1.165, 1.54) is 0 Å². The standard InChI is InChI=1S/C14H18F3NO2/c1-20-11-6-4-10(5-7-11)13(9-2-3-9)18-8-12(19)14(15,16)17/h4-7,9,12-13,18-19H,2-3,8H2,1H3. The Morgan fingerprint density at radius 3 is 2.35 bits per heavy atom. The van der Waals surface area contributed by atoms with Gasteiger partial charge in [0, 0.05) is 12.6 Å². The van der Waals surface area contributed by atoms with Gasteiger partial charge >= 0.3 is 6.18 Å². The fraction of sp³-hybridized carbons (Fsp3) is 0.571. The van der Waals surface area contributed by atoms with Crippen LogP contribution in [0.1, 0.15) is 24.4 Å². The smallest absolute Gasteiger partial charge is 0.415 e. The molecule has 2 N–H and O–H groups in total. The highest BCUT2D eigenvalue weighted by atomic mass is 19.4. The number of methoxy groups -OCH3 is 1. The van der Waals surface area contributed by atoms with Crippen molar-refractivity contribution in [2.75, 3.05) is 13.7 Å². The van der Waals surface area contributed by atoms with Crippen molar-refractivity contribution in [1.29, 1.82) is 0 Å². The zero-order valence-electron chi connectivity index (χ0n) is 11.2. The second kappa shape index (κ2) is 6.01. The maximum Gasteiger partial charge on any atom is 0.415 e. The first-order chi connectivity index (χ1) is 9.41. The van der Waals surface area contributed by atoms with E-state index < -0.39 is 18.8 Å². The summed E-state index contributed by atoms with van der Waals surface area (Å²) in [6.07, 6.45) is -4.93. The lowest BCUT2D eigenvalue weighted by atomic mass is 10.0. The molecular formula is C14H18F3NO2. The molecule has 20 heavy (non-hydrogen) atoms. The lowest BCUT2D eigenvalue weighted by molar-refractivity contribution is -0.202. The quantitative estimate of drug-likeness (QED) is 0.846. The highest BCUT2D eigenvalue weighted by molar-refractivity contribution is 5.30. The molecule has 2 unspecified atom stereocenters. The Morgan fingerprint density at radius 1 is 1.30 bits per heavy atom. The Hall–Kier alpha value is -1.27. The van der Waals surface area contributed by atoms with E-state index in [2.05, 4.69) is 5.32 Å². The molecule has 0 bridgehead atoms. The number of ether oxygens (including phenoxy) is 1. The average Bonchev–Trinajstić information content (AvgIpc) is 3.23. The third kappa shape index (κ3) is 3.86. The molecular weight excluding hydrogens is 271 g/mol. The van der Waals surface area contributed by atoms with Gasteiger partial charge in [-0.3, -0.25) is 0 Å². The maximum atomic E-state index is 12.3. The largest absolute Gasteiger partial charge is 0.497 e. The number of aliphatic hydroxyl groups excluding tert-OH is 1. The van der Waals surface area contributed by atoms with Crippen molar-refractivity contribution < 1.29 is 23.0 Å². The summed E-state index contributed by atoms with van der Waals surface area (Å²) in [5, 5.41) is 11.9. The normalized spacial score (nSPS) is 18.6. The number of aliphatic hydroxyl groups is 1. The zero-order valence-corrected chi connectivity index (χ0v) is 11.2. The third-order valence-electron chi connectivity index (χ3n) is 3.48. The second-order valence-corrected chi connectivity index (χ2v) is 5.05. The Balaban J connectivity index is 2.00. The van der Waals surface area contributed by atoms with Crippen LogP contribution in [0.3, 0.4) is 0 Å². The first-order valence-corrected chi connectivity index (χ1v) is 6.54. The van der Waals surface area contributed by atoms with Gasteiger partial charge < -0.3 is 15.2 Å². The van der Waals surface area contributed by atoms with Gasteiger partial charge in [0.05, 0.1) is 7.11 Å². The van der Waals surface area contributed by atoms with Crippen LogP contribution in [-0.4, -0.2) is 31.0 Å². The zero-order chi connectivity index (χ0) is 14.8. The van der Waals surface area contributed by atoms with Crippen LogP contribution in [0.2, 0.25) is 0 Å². The first kappa shape index (κ1) is 15.1. The molecule has 1 aliphatic rings. The molecule has 2 atom stereocenters. The van der Waals surface area contributed by atoms with Crippen molar-refractivity contribution >= 4 is 0 Å². The van der Waals surface area contributed by atoms with E-state index >= 15 is 0 Å². The second-order valence-electron chi connectivity index (χ2n) is 5.05. The predicted molar refractivity (Wildman–Crippen MR) is 68.5 cm³/mol. The molecule has 0 heterocycles. The molecule has 3 nitrogen and oxygen atoms in total. The van der Waals surface area contributed by atoms with E-state index in [0.717, 1.165) is 18.4 Å². The van der Waals surface area contributed by atoms with E-state index in [1.807, 2.05) is 12.1 Å². The van der Waals surface area contributed by atoms with Gasteiger partial charge in [0.15, 0.2) is 6.10 Å². The molecule has 2 rings (SSSR count). The molecule has 0 saturated heterocycles. The minimum atomic E-state index is -4.58. The lowest BCUT2D eigenvalue weighted by Gasteiger charge is -2.22. The van der Waals surface area contributed by atoms with Crippen LogP contribution in [-0.2, 0) is 0 Å². The van der Waals surface area contributed by atoms with E-state index in [9.17, 15) is 13.2 Å². The summed E-state index contributed by atoms with van der Waals surface area (Å²) in [4.78, 5) is 0. The fourth-order valence-electron chi connectivity index (χ4n) is 2.15. The van der Waals surface area contributed by atoms with Gasteiger partial charge in [0.1, 0.15) is 5.75 Å². The molecule has 0 spiro atoms. The predicted octanol–water partition coefficient (Wildman–Crippen LogP) is 2.66. The summed E-state index contributed by atoms with van der Waals surface area (Å²) in [5.74, 6) is 1.04. The van der Waals surface area contributed by atoms with Gasteiger partial charge in [-0.2, -0.15) is 13.2 Å². The minimum Gasteiger partial charge on any atom is -0.497 e. The van der Waals surface area contributed by atoms with Gasteiger partial charge in [0.2, 0.25) is 0 Å². The van der Waals surface area contributed by atoms with Crippen LogP contribution in [0.15, 0.2) is 24.3 Å². The van der Waals surface area contributed by atoms with Crippen LogP contribution in [0.5, 0.6) is 5.75 Å². The number of halogens is 3. The van der Waals surface area contributed by atoms with Gasteiger partial charge in [-0.25, -0.2) is 0 Å². The van der Waals surface area contributed by atoms with Crippen molar-refractivity contribution in [3.8, 4) is 5.75 Å². The highest BCUT2D eigenvalue weighted by Gasteiger charge is 2.39. The van der Waals surface area contributed by atoms with Gasteiger partial charge in [-0.05, 0) is 36.5 Å². The summed E-state index contributed by atoms with van der Waals surface area (Å²) in [5.41, 5.74) is 0.919. The molecule has 112 valence electrons. The van der Waals surface area contributed by atoms with E-state index in [0.29, 0.717) is 11.7 Å². The summed E-state index contributed by atoms with van der Waals surface area (Å²) in [7, 11) is 1.56. The molecule has 0 amide bonds. The molecule has 0 radical (unpaired) electrons. The minimum absolute atomic E-state index is 0.155. The van der Waals surface area contributed by atoms with Gasteiger partial charge in [-0.15, -0.1) is 0 Å². The number of hydrogen-bond acceptors (Lipinski definition) is 3. The van der Waals surface area contributed by atoms with Crippen molar-refractivity contribution in [1.82, 2.24) is 5.32 Å². The number of rotatable bonds is 6. The summed E-state index contributed by atoms with van der Waals surface area (Å²) in [6.45, 7) is -0.489. The molecule has 6 heteroatoms. The third-order valence-corrected chi connectivity index (χ3v) is 3.48. The molecule has 0 aromatic heterocycles.